The summed E-state index contributed by atoms with van der Waals surface area (Å²) in [4.78, 5) is 6.08. The molecule has 0 saturated carbocycles. The fourth-order valence-electron chi connectivity index (χ4n) is 4.87. The molecule has 1 atom stereocenters. The van der Waals surface area contributed by atoms with Crippen LogP contribution in [-0.2, 0) is 6.54 Å². The first kappa shape index (κ1) is 25.0. The van der Waals surface area contributed by atoms with Gasteiger partial charge in [-0.2, -0.15) is 0 Å². The van der Waals surface area contributed by atoms with E-state index in [9.17, 15) is 0 Å². The van der Waals surface area contributed by atoms with Crippen LogP contribution < -0.4 is 10.2 Å². The first-order valence-electron chi connectivity index (χ1n) is 12.8. The first-order valence-corrected chi connectivity index (χ1v) is 15.6. The van der Waals surface area contributed by atoms with Crippen molar-refractivity contribution in [2.24, 2.45) is 0 Å². The lowest BCUT2D eigenvalue weighted by Gasteiger charge is -2.24. The van der Waals surface area contributed by atoms with E-state index in [4.69, 9.17) is 0 Å². The molecular formula is C32H35N2PS. The second-order valence-electron chi connectivity index (χ2n) is 9.39. The molecule has 1 unspecified atom stereocenters. The molecule has 0 saturated heterocycles. The molecule has 3 aromatic rings. The summed E-state index contributed by atoms with van der Waals surface area (Å²) in [6.07, 6.45) is 9.25. The average molecular weight is 511 g/mol. The van der Waals surface area contributed by atoms with Crippen LogP contribution in [0.1, 0.15) is 30.5 Å². The molecule has 0 amide bonds. The van der Waals surface area contributed by atoms with E-state index in [1.807, 2.05) is 11.8 Å². The van der Waals surface area contributed by atoms with Crippen LogP contribution in [0.15, 0.2) is 102 Å². The van der Waals surface area contributed by atoms with Gasteiger partial charge in [0.15, 0.2) is 0 Å². The number of para-hydroxylation sites is 1. The zero-order valence-corrected chi connectivity index (χ0v) is 23.5. The van der Waals surface area contributed by atoms with Crippen LogP contribution in [0.25, 0.3) is 11.1 Å². The smallest absolute Gasteiger partial charge is 0.0483 e. The maximum absolute atomic E-state index is 2.46. The highest BCUT2D eigenvalue weighted by Crippen LogP contribution is 2.42. The quantitative estimate of drug-likeness (QED) is 0.307. The second-order valence-corrected chi connectivity index (χ2v) is 13.2. The highest BCUT2D eigenvalue weighted by molar-refractivity contribution is 8.23. The van der Waals surface area contributed by atoms with Gasteiger partial charge in [-0.1, -0.05) is 93.8 Å². The Labute approximate surface area is 221 Å². The summed E-state index contributed by atoms with van der Waals surface area (Å²) in [6, 6.07) is 26.8. The number of benzene rings is 3. The van der Waals surface area contributed by atoms with Gasteiger partial charge >= 0.3 is 0 Å². The molecule has 0 fully saturated rings. The van der Waals surface area contributed by atoms with Crippen LogP contribution in [0.3, 0.4) is 0 Å². The lowest BCUT2D eigenvalue weighted by molar-refractivity contribution is 0.296. The molecule has 0 spiro atoms. The van der Waals surface area contributed by atoms with E-state index in [1.54, 1.807) is 0 Å². The second kappa shape index (κ2) is 11.1. The van der Waals surface area contributed by atoms with Gasteiger partial charge < -0.3 is 4.90 Å². The molecule has 2 aliphatic heterocycles. The fourth-order valence-corrected chi connectivity index (χ4v) is 8.94. The van der Waals surface area contributed by atoms with Crippen LogP contribution in [0.2, 0.25) is 0 Å². The molecular weight excluding hydrogens is 475 g/mol. The number of allylic oxidation sites excluding steroid dienone is 4. The first-order chi connectivity index (χ1) is 17.6. The van der Waals surface area contributed by atoms with E-state index in [-0.39, 0.29) is 0 Å². The van der Waals surface area contributed by atoms with Crippen molar-refractivity contribution in [3.63, 3.8) is 0 Å². The Bertz CT molecular complexity index is 1380. The Morgan fingerprint density at radius 2 is 1.67 bits per heavy atom. The predicted molar refractivity (Wildman–Crippen MR) is 164 cm³/mol. The van der Waals surface area contributed by atoms with E-state index >= 15 is 0 Å². The van der Waals surface area contributed by atoms with Gasteiger partial charge in [-0.15, -0.1) is 0 Å². The maximum Gasteiger partial charge on any atom is 0.0483 e. The number of nitrogens with zero attached hydrogens (tertiary/aromatic N) is 2. The molecule has 0 aliphatic carbocycles. The summed E-state index contributed by atoms with van der Waals surface area (Å²) in [7, 11) is 1.36. The molecule has 5 rings (SSSR count). The summed E-state index contributed by atoms with van der Waals surface area (Å²) in [5.41, 5.74) is 7.71. The Balaban J connectivity index is 1.57. The van der Waals surface area contributed by atoms with Crippen molar-refractivity contribution in [3.05, 3.63) is 114 Å². The summed E-state index contributed by atoms with van der Waals surface area (Å²) in [5, 5.41) is 1.53. The van der Waals surface area contributed by atoms with Crippen molar-refractivity contribution in [2.75, 3.05) is 31.7 Å². The molecule has 2 heterocycles. The van der Waals surface area contributed by atoms with E-state index in [2.05, 4.69) is 135 Å². The monoisotopic (exact) mass is 510 g/mol. The summed E-state index contributed by atoms with van der Waals surface area (Å²) < 4.78 is 1.51. The normalized spacial score (nSPS) is 18.2. The summed E-state index contributed by atoms with van der Waals surface area (Å²) in [6.45, 7) is 10.0. The van der Waals surface area contributed by atoms with Gasteiger partial charge in [0.05, 0.1) is 0 Å². The van der Waals surface area contributed by atoms with Crippen molar-refractivity contribution < 1.29 is 0 Å². The molecule has 184 valence electrons. The Hall–Kier alpha value is -2.71. The van der Waals surface area contributed by atoms with E-state index in [0.717, 1.165) is 19.6 Å². The predicted octanol–water partition coefficient (Wildman–Crippen LogP) is 7.36. The third kappa shape index (κ3) is 5.20. The van der Waals surface area contributed by atoms with Crippen LogP contribution in [-0.4, -0.2) is 36.3 Å². The van der Waals surface area contributed by atoms with Gasteiger partial charge in [-0.05, 0) is 77.7 Å². The van der Waals surface area contributed by atoms with Crippen molar-refractivity contribution in [3.8, 4) is 0 Å². The molecule has 0 N–H and O–H groups in total. The lowest BCUT2D eigenvalue weighted by atomic mass is 9.95. The summed E-state index contributed by atoms with van der Waals surface area (Å²) >= 11 is 1.96. The number of hydrogen-bond donors (Lipinski definition) is 0. The molecule has 36 heavy (non-hydrogen) atoms. The van der Waals surface area contributed by atoms with Gasteiger partial charge in [0.2, 0.25) is 0 Å². The van der Waals surface area contributed by atoms with Gasteiger partial charge in [-0.25, -0.2) is 0 Å². The van der Waals surface area contributed by atoms with E-state index < -0.39 is 7.55 Å². The maximum atomic E-state index is 2.46. The van der Waals surface area contributed by atoms with Crippen molar-refractivity contribution in [2.45, 2.75) is 25.3 Å². The van der Waals surface area contributed by atoms with Crippen LogP contribution >= 0.6 is 19.3 Å². The van der Waals surface area contributed by atoms with Crippen LogP contribution in [0.4, 0.5) is 5.69 Å². The molecule has 2 nitrogen and oxygen atoms in total. The largest absolute Gasteiger partial charge is 0.351 e. The minimum Gasteiger partial charge on any atom is -0.351 e. The third-order valence-corrected chi connectivity index (χ3v) is 11.6. The lowest BCUT2D eigenvalue weighted by Crippen LogP contribution is -2.21. The van der Waals surface area contributed by atoms with Gasteiger partial charge in [-0.3, -0.25) is 4.90 Å². The summed E-state index contributed by atoms with van der Waals surface area (Å²) in [5.74, 6) is 0. The average Bonchev–Trinajstić information content (AvgIpc) is 3.24. The molecule has 0 radical (unpaired) electrons. The number of hydrogen-bond acceptors (Lipinski definition) is 3. The number of anilines is 1. The van der Waals surface area contributed by atoms with Crippen molar-refractivity contribution >= 4 is 46.1 Å². The van der Waals surface area contributed by atoms with E-state index in [1.165, 1.54) is 48.3 Å². The number of rotatable bonds is 7. The molecule has 4 heteroatoms. The van der Waals surface area contributed by atoms with Crippen LogP contribution in [0, 0.1) is 0 Å². The molecule has 2 aliphatic rings. The number of thioether (sulfide) groups is 1. The molecule has 3 aromatic carbocycles. The van der Waals surface area contributed by atoms with Gasteiger partial charge in [0.25, 0.3) is 0 Å². The van der Waals surface area contributed by atoms with Crippen molar-refractivity contribution in [1.29, 1.82) is 0 Å². The highest BCUT2D eigenvalue weighted by Gasteiger charge is 2.18. The Morgan fingerprint density at radius 3 is 2.42 bits per heavy atom. The van der Waals surface area contributed by atoms with Crippen molar-refractivity contribution in [1.82, 2.24) is 4.90 Å². The Morgan fingerprint density at radius 1 is 0.944 bits per heavy atom. The van der Waals surface area contributed by atoms with E-state index in [0.29, 0.717) is 0 Å². The van der Waals surface area contributed by atoms with Gasteiger partial charge in [0.1, 0.15) is 0 Å². The fraction of sp³-hybridized carbons (Fsp3) is 0.219. The molecule has 0 aromatic heterocycles. The zero-order chi connectivity index (χ0) is 25.1. The number of fused-ring (bicyclic) bond motifs is 2. The topological polar surface area (TPSA) is 6.48 Å². The minimum absolute atomic E-state index is 0.752. The highest BCUT2D eigenvalue weighted by atomic mass is 32.2. The van der Waals surface area contributed by atoms with Gasteiger partial charge in [0, 0.05) is 40.6 Å². The standard InChI is InChI=1S/C32H35N2PS/c1-5-34(6-2)23-24-15-17-25(18-16-24)27(22-32-35(4)30-13-9-10-14-31(30)36-32)21-26-19-20-33(3)29-12-8-7-11-28(26)29/h7-22,35H,5-6,23H2,1-4H3/b26-21+,27-22-. The SMILES string of the molecule is CCN(CC)Cc1ccc(C(=C\C2=[PH](C)c3ccccc3S2)/C=C2\C=CN(C)c3ccccc32)cc1. The zero-order valence-electron chi connectivity index (χ0n) is 21.7. The van der Waals surface area contributed by atoms with Crippen LogP contribution in [0.5, 0.6) is 0 Å². The third-order valence-electron chi connectivity index (χ3n) is 7.14. The Kier molecular flexibility index (Phi) is 7.72. The molecule has 0 bridgehead atoms. The minimum atomic E-state index is -0.752.